The minimum absolute atomic E-state index is 0.0543. The molecule has 14 heavy (non-hydrogen) atoms. The number of hydrogen-bond acceptors (Lipinski definition) is 4. The van der Waals surface area contributed by atoms with Crippen LogP contribution < -0.4 is 0 Å². The van der Waals surface area contributed by atoms with Crippen molar-refractivity contribution in [1.82, 2.24) is 9.80 Å². The molecule has 2 aliphatic heterocycles. The molecule has 5 nitrogen and oxygen atoms in total. The fourth-order valence-electron chi connectivity index (χ4n) is 2.11. The van der Waals surface area contributed by atoms with Crippen LogP contribution in [0.4, 0.5) is 0 Å². The van der Waals surface area contributed by atoms with E-state index in [0.29, 0.717) is 19.6 Å². The van der Waals surface area contributed by atoms with E-state index in [0.717, 1.165) is 0 Å². The van der Waals surface area contributed by atoms with Crippen molar-refractivity contribution in [1.29, 1.82) is 0 Å². The molecule has 0 aromatic heterocycles. The van der Waals surface area contributed by atoms with Gasteiger partial charge in [-0.1, -0.05) is 0 Å². The first kappa shape index (κ1) is 9.92. The van der Waals surface area contributed by atoms with Gasteiger partial charge in [0.15, 0.2) is 9.84 Å². The minimum Gasteiger partial charge on any atom is -0.335 e. The number of carbonyl (C=O) groups excluding carboxylic acids is 1. The highest BCUT2D eigenvalue weighted by Crippen LogP contribution is 2.16. The summed E-state index contributed by atoms with van der Waals surface area (Å²) in [6.07, 6.45) is 0. The summed E-state index contributed by atoms with van der Waals surface area (Å²) in [5.74, 6) is 0.306. The minimum atomic E-state index is -2.92. The maximum Gasteiger partial charge on any atom is 0.237 e. The van der Waals surface area contributed by atoms with Gasteiger partial charge in [0, 0.05) is 13.1 Å². The topological polar surface area (TPSA) is 57.7 Å². The number of piperazine rings is 1. The Hall–Kier alpha value is -0.620. The van der Waals surface area contributed by atoms with Gasteiger partial charge in [-0.3, -0.25) is 9.69 Å². The zero-order valence-electron chi connectivity index (χ0n) is 8.14. The zero-order chi connectivity index (χ0) is 10.3. The summed E-state index contributed by atoms with van der Waals surface area (Å²) in [7, 11) is -1.08. The highest BCUT2D eigenvalue weighted by atomic mass is 32.2. The summed E-state index contributed by atoms with van der Waals surface area (Å²) in [4.78, 5) is 15.1. The monoisotopic (exact) mass is 218 g/mol. The number of likely N-dealkylation sites (N-methyl/N-ethyl adjacent to an activating group) is 1. The third-order valence-electron chi connectivity index (χ3n) is 2.78. The van der Waals surface area contributed by atoms with E-state index >= 15 is 0 Å². The van der Waals surface area contributed by atoms with Crippen molar-refractivity contribution in [3.8, 4) is 0 Å². The van der Waals surface area contributed by atoms with Crippen LogP contribution in [0.2, 0.25) is 0 Å². The Morgan fingerprint density at radius 2 is 2.14 bits per heavy atom. The Labute approximate surface area is 83.6 Å². The maximum atomic E-state index is 11.5. The molecule has 2 rings (SSSR count). The van der Waals surface area contributed by atoms with Crippen LogP contribution in [0.15, 0.2) is 0 Å². The van der Waals surface area contributed by atoms with Crippen molar-refractivity contribution in [3.63, 3.8) is 0 Å². The Kier molecular flexibility index (Phi) is 2.27. The van der Waals surface area contributed by atoms with Crippen LogP contribution in [0.3, 0.4) is 0 Å². The van der Waals surface area contributed by atoms with Gasteiger partial charge in [-0.05, 0) is 7.05 Å². The molecule has 0 radical (unpaired) electrons. The number of carbonyl (C=O) groups is 1. The van der Waals surface area contributed by atoms with Gasteiger partial charge in [0.2, 0.25) is 5.91 Å². The van der Waals surface area contributed by atoms with Crippen LogP contribution >= 0.6 is 0 Å². The van der Waals surface area contributed by atoms with E-state index in [2.05, 4.69) is 0 Å². The van der Waals surface area contributed by atoms with E-state index in [1.165, 1.54) is 0 Å². The van der Waals surface area contributed by atoms with E-state index in [4.69, 9.17) is 0 Å². The third kappa shape index (κ3) is 1.76. The summed E-state index contributed by atoms with van der Waals surface area (Å²) in [5, 5.41) is 0. The van der Waals surface area contributed by atoms with E-state index in [1.54, 1.807) is 4.90 Å². The van der Waals surface area contributed by atoms with E-state index < -0.39 is 9.84 Å². The second kappa shape index (κ2) is 3.20. The van der Waals surface area contributed by atoms with Gasteiger partial charge in [0.1, 0.15) is 0 Å². The molecule has 2 fully saturated rings. The van der Waals surface area contributed by atoms with Crippen LogP contribution in [0.25, 0.3) is 0 Å². The molecule has 0 aliphatic carbocycles. The van der Waals surface area contributed by atoms with E-state index in [-0.39, 0.29) is 23.5 Å². The van der Waals surface area contributed by atoms with Gasteiger partial charge in [-0.25, -0.2) is 8.42 Å². The van der Waals surface area contributed by atoms with Crippen molar-refractivity contribution >= 4 is 15.7 Å². The zero-order valence-corrected chi connectivity index (χ0v) is 8.96. The van der Waals surface area contributed by atoms with Gasteiger partial charge in [0.25, 0.3) is 0 Å². The van der Waals surface area contributed by atoms with Gasteiger partial charge in [0.05, 0.1) is 24.1 Å². The summed E-state index contributed by atoms with van der Waals surface area (Å²) in [6, 6.07) is -0.125. The molecule has 0 bridgehead atoms. The molecule has 0 aromatic rings. The van der Waals surface area contributed by atoms with Crippen molar-refractivity contribution in [2.75, 3.05) is 38.2 Å². The van der Waals surface area contributed by atoms with Crippen LogP contribution in [0, 0.1) is 0 Å². The second-order valence-corrected chi connectivity index (χ2v) is 6.28. The van der Waals surface area contributed by atoms with Crippen molar-refractivity contribution in [3.05, 3.63) is 0 Å². The SMILES string of the molecule is CN1CC(=O)N2CCS(=O)(=O)CC2C1. The first-order valence-corrected chi connectivity index (χ1v) is 6.48. The maximum absolute atomic E-state index is 11.5. The quantitative estimate of drug-likeness (QED) is 0.499. The number of nitrogens with zero attached hydrogens (tertiary/aromatic N) is 2. The molecular weight excluding hydrogens is 204 g/mol. The van der Waals surface area contributed by atoms with Crippen molar-refractivity contribution in [2.45, 2.75) is 6.04 Å². The predicted octanol–water partition coefficient (Wildman–Crippen LogP) is -1.44. The fraction of sp³-hybridized carbons (Fsp3) is 0.875. The van der Waals surface area contributed by atoms with Crippen LogP contribution in [0.1, 0.15) is 0 Å². The van der Waals surface area contributed by atoms with Gasteiger partial charge in [-0.2, -0.15) is 0 Å². The van der Waals surface area contributed by atoms with Crippen molar-refractivity contribution in [2.24, 2.45) is 0 Å². The summed E-state index contributed by atoms with van der Waals surface area (Å²) >= 11 is 0. The fourth-order valence-corrected chi connectivity index (χ4v) is 3.63. The predicted molar refractivity (Wildman–Crippen MR) is 51.7 cm³/mol. The molecule has 0 aromatic carbocycles. The molecule has 2 saturated heterocycles. The lowest BCUT2D eigenvalue weighted by Gasteiger charge is -2.42. The van der Waals surface area contributed by atoms with E-state index in [1.807, 2.05) is 11.9 Å². The molecule has 6 heteroatoms. The second-order valence-electron chi connectivity index (χ2n) is 4.05. The molecule has 1 unspecified atom stereocenters. The Morgan fingerprint density at radius 3 is 2.86 bits per heavy atom. The summed E-state index contributed by atoms with van der Waals surface area (Å²) in [6.45, 7) is 1.46. The Balaban J connectivity index is 2.18. The Bertz CT molecular complexity index is 352. The van der Waals surface area contributed by atoms with Crippen molar-refractivity contribution < 1.29 is 13.2 Å². The average molecular weight is 218 g/mol. The number of amides is 1. The lowest BCUT2D eigenvalue weighted by molar-refractivity contribution is -0.138. The molecule has 0 spiro atoms. The molecule has 0 N–H and O–H groups in total. The van der Waals surface area contributed by atoms with Gasteiger partial charge in [-0.15, -0.1) is 0 Å². The molecule has 2 heterocycles. The van der Waals surface area contributed by atoms with Crippen LogP contribution in [-0.2, 0) is 14.6 Å². The van der Waals surface area contributed by atoms with Crippen LogP contribution in [0.5, 0.6) is 0 Å². The number of sulfone groups is 1. The number of hydrogen-bond donors (Lipinski definition) is 0. The summed E-state index contributed by atoms with van der Waals surface area (Å²) in [5.41, 5.74) is 0. The molecule has 1 amide bonds. The molecule has 1 atom stereocenters. The van der Waals surface area contributed by atoms with E-state index in [9.17, 15) is 13.2 Å². The standard InChI is InChI=1S/C8H14N2O3S/c1-9-4-7-6-14(12,13)3-2-10(7)8(11)5-9/h7H,2-6H2,1H3. The lowest BCUT2D eigenvalue weighted by Crippen LogP contribution is -2.61. The Morgan fingerprint density at radius 1 is 1.43 bits per heavy atom. The average Bonchev–Trinajstić information content (AvgIpc) is 2.00. The number of rotatable bonds is 0. The van der Waals surface area contributed by atoms with Crippen LogP contribution in [-0.4, -0.2) is 68.4 Å². The van der Waals surface area contributed by atoms with Gasteiger partial charge >= 0.3 is 0 Å². The first-order chi connectivity index (χ1) is 6.48. The normalized spacial score (nSPS) is 32.8. The smallest absolute Gasteiger partial charge is 0.237 e. The molecule has 80 valence electrons. The molecule has 2 aliphatic rings. The summed E-state index contributed by atoms with van der Waals surface area (Å²) < 4.78 is 22.7. The third-order valence-corrected chi connectivity index (χ3v) is 4.48. The number of fused-ring (bicyclic) bond motifs is 1. The highest BCUT2D eigenvalue weighted by Gasteiger charge is 2.37. The molecular formula is C8H14N2O3S. The largest absolute Gasteiger partial charge is 0.335 e. The molecule has 0 saturated carbocycles. The first-order valence-electron chi connectivity index (χ1n) is 4.66. The highest BCUT2D eigenvalue weighted by molar-refractivity contribution is 7.91. The lowest BCUT2D eigenvalue weighted by atomic mass is 10.2. The van der Waals surface area contributed by atoms with Gasteiger partial charge < -0.3 is 4.90 Å².